The maximum atomic E-state index is 12.3. The Kier molecular flexibility index (Phi) is 5.73. The van der Waals surface area contributed by atoms with E-state index in [4.69, 9.17) is 0 Å². The van der Waals surface area contributed by atoms with E-state index in [1.54, 1.807) is 22.8 Å². The number of benzene rings is 2. The van der Waals surface area contributed by atoms with Crippen LogP contribution in [0.4, 0.5) is 0 Å². The molecule has 0 aliphatic heterocycles. The summed E-state index contributed by atoms with van der Waals surface area (Å²) in [5.41, 5.74) is 4.40. The quantitative estimate of drug-likeness (QED) is 0.673. The smallest absolute Gasteiger partial charge is 0.230 e. The Morgan fingerprint density at radius 1 is 1.19 bits per heavy atom. The first-order valence-electron chi connectivity index (χ1n) is 8.47. The van der Waals surface area contributed by atoms with Gasteiger partial charge in [-0.1, -0.05) is 29.8 Å². The van der Waals surface area contributed by atoms with Gasteiger partial charge in [0.2, 0.25) is 5.91 Å². The van der Waals surface area contributed by atoms with Gasteiger partial charge in [-0.3, -0.25) is 4.79 Å². The van der Waals surface area contributed by atoms with Crippen LogP contribution in [-0.2, 0) is 4.79 Å². The van der Waals surface area contributed by atoms with E-state index in [9.17, 15) is 4.79 Å². The number of aryl methyl sites for hydroxylation is 2. The number of rotatable bonds is 6. The minimum Gasteiger partial charge on any atom is -0.349 e. The fraction of sp³-hybridized carbons (Fsp3) is 0.250. The Labute approximate surface area is 157 Å². The zero-order valence-corrected chi connectivity index (χ0v) is 16.0. The molecule has 134 valence electrons. The molecule has 3 rings (SSSR count). The Balaban J connectivity index is 1.56. The average Bonchev–Trinajstić information content (AvgIpc) is 3.17. The maximum absolute atomic E-state index is 12.3. The van der Waals surface area contributed by atoms with Gasteiger partial charge in [-0.2, -0.15) is 5.10 Å². The second-order valence-corrected chi connectivity index (χ2v) is 7.30. The molecule has 2 aromatic carbocycles. The summed E-state index contributed by atoms with van der Waals surface area (Å²) in [6.45, 7) is 6.12. The first kappa shape index (κ1) is 18.2. The zero-order chi connectivity index (χ0) is 18.5. The first-order chi connectivity index (χ1) is 12.5. The monoisotopic (exact) mass is 366 g/mol. The van der Waals surface area contributed by atoms with E-state index in [2.05, 4.69) is 47.4 Å². The van der Waals surface area contributed by atoms with E-state index in [-0.39, 0.29) is 11.9 Å². The number of thioether (sulfide) groups is 1. The summed E-state index contributed by atoms with van der Waals surface area (Å²) in [5.74, 6) is 0.440. The zero-order valence-electron chi connectivity index (χ0n) is 15.1. The molecule has 1 amide bonds. The van der Waals surface area contributed by atoms with E-state index in [0.717, 1.165) is 16.1 Å². The van der Waals surface area contributed by atoms with Crippen molar-refractivity contribution in [2.45, 2.75) is 31.7 Å². The van der Waals surface area contributed by atoms with Gasteiger partial charge in [0, 0.05) is 4.90 Å². The van der Waals surface area contributed by atoms with E-state index < -0.39 is 0 Å². The van der Waals surface area contributed by atoms with Crippen molar-refractivity contribution in [3.63, 3.8) is 0 Å². The van der Waals surface area contributed by atoms with Crippen LogP contribution in [0.1, 0.15) is 29.7 Å². The number of carbonyl (C=O) groups excluding carboxylic acids is 1. The number of nitrogens with one attached hydrogen (secondary N) is 1. The van der Waals surface area contributed by atoms with Crippen molar-refractivity contribution in [2.24, 2.45) is 0 Å². The van der Waals surface area contributed by atoms with Crippen LogP contribution in [0.2, 0.25) is 0 Å². The number of hydrogen-bond donors (Lipinski definition) is 1. The van der Waals surface area contributed by atoms with Crippen molar-refractivity contribution >= 4 is 17.7 Å². The molecule has 0 radical (unpaired) electrons. The normalized spacial score (nSPS) is 12.0. The van der Waals surface area contributed by atoms with Crippen LogP contribution in [0.15, 0.2) is 60.0 Å². The summed E-state index contributed by atoms with van der Waals surface area (Å²) in [6, 6.07) is 14.2. The van der Waals surface area contributed by atoms with Gasteiger partial charge >= 0.3 is 0 Å². The summed E-state index contributed by atoms with van der Waals surface area (Å²) in [7, 11) is 0. The molecule has 0 aliphatic carbocycles. The lowest BCUT2D eigenvalue weighted by Gasteiger charge is -2.15. The third kappa shape index (κ3) is 4.52. The van der Waals surface area contributed by atoms with Crippen LogP contribution in [0.5, 0.6) is 0 Å². The highest BCUT2D eigenvalue weighted by Crippen LogP contribution is 2.23. The Bertz CT molecular complexity index is 875. The molecule has 5 nitrogen and oxygen atoms in total. The van der Waals surface area contributed by atoms with Gasteiger partial charge in [0.05, 0.1) is 17.5 Å². The first-order valence-corrected chi connectivity index (χ1v) is 9.46. The lowest BCUT2D eigenvalue weighted by atomic mass is 10.1. The summed E-state index contributed by atoms with van der Waals surface area (Å²) >= 11 is 1.58. The number of hydrogen-bond acceptors (Lipinski definition) is 4. The van der Waals surface area contributed by atoms with Crippen molar-refractivity contribution in [1.82, 2.24) is 20.1 Å². The van der Waals surface area contributed by atoms with E-state index in [1.807, 2.05) is 31.2 Å². The maximum Gasteiger partial charge on any atom is 0.230 e. The van der Waals surface area contributed by atoms with Crippen LogP contribution >= 0.6 is 11.8 Å². The number of amides is 1. The number of aromatic nitrogens is 3. The van der Waals surface area contributed by atoms with E-state index in [0.29, 0.717) is 5.75 Å². The second kappa shape index (κ2) is 8.19. The average molecular weight is 366 g/mol. The van der Waals surface area contributed by atoms with Crippen molar-refractivity contribution < 1.29 is 4.79 Å². The van der Waals surface area contributed by atoms with Crippen molar-refractivity contribution in [3.8, 4) is 5.69 Å². The fourth-order valence-corrected chi connectivity index (χ4v) is 3.56. The third-order valence-corrected chi connectivity index (χ3v) is 5.31. The number of nitrogens with zero attached hydrogens (tertiary/aromatic N) is 3. The predicted molar refractivity (Wildman–Crippen MR) is 105 cm³/mol. The summed E-state index contributed by atoms with van der Waals surface area (Å²) in [6.07, 6.45) is 3.16. The SMILES string of the molecule is Cc1ccc(C)c(SCC(=O)NC(C)c2ccc(-n3cncn3)cc2)c1. The summed E-state index contributed by atoms with van der Waals surface area (Å²) in [5, 5.41) is 7.17. The van der Waals surface area contributed by atoms with E-state index >= 15 is 0 Å². The number of carbonyl (C=O) groups is 1. The lowest BCUT2D eigenvalue weighted by Crippen LogP contribution is -2.28. The molecule has 0 saturated carbocycles. The minimum atomic E-state index is -0.0495. The van der Waals surface area contributed by atoms with Crippen molar-refractivity contribution in [1.29, 1.82) is 0 Å². The molecule has 0 aliphatic rings. The third-order valence-electron chi connectivity index (χ3n) is 4.16. The largest absolute Gasteiger partial charge is 0.349 e. The molecular weight excluding hydrogens is 344 g/mol. The molecule has 1 atom stereocenters. The molecule has 1 heterocycles. The molecule has 1 unspecified atom stereocenters. The van der Waals surface area contributed by atoms with Gasteiger partial charge in [-0.05, 0) is 50.1 Å². The van der Waals surface area contributed by atoms with Crippen LogP contribution in [0.25, 0.3) is 5.69 Å². The molecule has 1 aromatic heterocycles. The summed E-state index contributed by atoms with van der Waals surface area (Å²) in [4.78, 5) is 17.4. The molecule has 3 aromatic rings. The molecule has 0 fully saturated rings. The van der Waals surface area contributed by atoms with Gasteiger partial charge in [0.15, 0.2) is 0 Å². The van der Waals surface area contributed by atoms with Gasteiger partial charge in [0.1, 0.15) is 12.7 Å². The highest BCUT2D eigenvalue weighted by Gasteiger charge is 2.11. The fourth-order valence-electron chi connectivity index (χ4n) is 2.63. The minimum absolute atomic E-state index is 0.0313. The van der Waals surface area contributed by atoms with Crippen LogP contribution < -0.4 is 5.32 Å². The molecular formula is C20H22N4OS. The van der Waals surface area contributed by atoms with E-state index in [1.165, 1.54) is 17.5 Å². The molecule has 0 saturated heterocycles. The van der Waals surface area contributed by atoms with Gasteiger partial charge in [-0.15, -0.1) is 11.8 Å². The standard InChI is InChI=1S/C20H22N4OS/c1-14-4-5-15(2)19(10-14)26-11-20(25)23-16(3)17-6-8-18(9-7-17)24-13-21-12-22-24/h4-10,12-13,16H,11H2,1-3H3,(H,23,25). The van der Waals surface area contributed by atoms with Crippen molar-refractivity contribution in [2.75, 3.05) is 5.75 Å². The molecule has 1 N–H and O–H groups in total. The molecule has 26 heavy (non-hydrogen) atoms. The summed E-state index contributed by atoms with van der Waals surface area (Å²) < 4.78 is 1.70. The van der Waals surface area contributed by atoms with Crippen LogP contribution in [-0.4, -0.2) is 26.4 Å². The van der Waals surface area contributed by atoms with Gasteiger partial charge in [0.25, 0.3) is 0 Å². The molecule has 0 bridgehead atoms. The molecule has 6 heteroatoms. The van der Waals surface area contributed by atoms with Crippen LogP contribution in [0.3, 0.4) is 0 Å². The highest BCUT2D eigenvalue weighted by atomic mass is 32.2. The lowest BCUT2D eigenvalue weighted by molar-refractivity contribution is -0.119. The second-order valence-electron chi connectivity index (χ2n) is 6.28. The Morgan fingerprint density at radius 2 is 1.96 bits per heavy atom. The van der Waals surface area contributed by atoms with Crippen molar-refractivity contribution in [3.05, 3.63) is 71.8 Å². The molecule has 0 spiro atoms. The van der Waals surface area contributed by atoms with Crippen LogP contribution in [0, 0.1) is 13.8 Å². The Hall–Kier alpha value is -2.60. The van der Waals surface area contributed by atoms with Gasteiger partial charge in [-0.25, -0.2) is 9.67 Å². The Morgan fingerprint density at radius 3 is 2.65 bits per heavy atom. The van der Waals surface area contributed by atoms with Gasteiger partial charge < -0.3 is 5.32 Å². The highest BCUT2D eigenvalue weighted by molar-refractivity contribution is 8.00. The topological polar surface area (TPSA) is 59.8 Å². The predicted octanol–water partition coefficient (Wildman–Crippen LogP) is 3.85.